The van der Waals surface area contributed by atoms with E-state index in [2.05, 4.69) is 26.5 Å². The number of esters is 1. The second kappa shape index (κ2) is 10.8. The molecule has 0 aromatic heterocycles. The SMILES string of the molecule is Cc1ccc(C(=O)Oc2ccc(/C=N\NC(=O)COc3ccc4ccccc4c3Br)cc2)cc1. The first-order valence-corrected chi connectivity index (χ1v) is 11.3. The zero-order valence-corrected chi connectivity index (χ0v) is 19.9. The average Bonchev–Trinajstić information content (AvgIpc) is 2.85. The fourth-order valence-corrected chi connectivity index (χ4v) is 3.76. The van der Waals surface area contributed by atoms with Crippen molar-refractivity contribution in [2.45, 2.75) is 6.92 Å². The summed E-state index contributed by atoms with van der Waals surface area (Å²) in [6.45, 7) is 1.77. The number of aryl methyl sites for hydroxylation is 1. The lowest BCUT2D eigenvalue weighted by molar-refractivity contribution is -0.123. The standard InChI is InChI=1S/C27H21BrN2O4/c1-18-6-10-21(11-7-18)27(32)34-22-13-8-19(9-14-22)16-29-30-25(31)17-33-24-15-12-20-4-2-3-5-23(20)26(24)28/h2-16H,17H2,1H3,(H,30,31)/b29-16-. The van der Waals surface area contributed by atoms with Crippen molar-refractivity contribution < 1.29 is 19.1 Å². The van der Waals surface area contributed by atoms with E-state index >= 15 is 0 Å². The van der Waals surface area contributed by atoms with E-state index in [1.807, 2.05) is 55.5 Å². The van der Waals surface area contributed by atoms with E-state index in [1.165, 1.54) is 6.21 Å². The average molecular weight is 517 g/mol. The van der Waals surface area contributed by atoms with Gasteiger partial charge in [-0.25, -0.2) is 10.2 Å². The summed E-state index contributed by atoms with van der Waals surface area (Å²) in [7, 11) is 0. The Morgan fingerprint density at radius 3 is 2.44 bits per heavy atom. The molecule has 0 saturated heterocycles. The Kier molecular flexibility index (Phi) is 7.34. The van der Waals surface area contributed by atoms with Crippen molar-refractivity contribution in [1.29, 1.82) is 0 Å². The first-order chi connectivity index (χ1) is 16.5. The molecule has 4 aromatic carbocycles. The van der Waals surface area contributed by atoms with Crippen LogP contribution in [-0.4, -0.2) is 24.7 Å². The molecule has 0 saturated carbocycles. The minimum Gasteiger partial charge on any atom is -0.483 e. The number of nitrogens with one attached hydrogen (secondary N) is 1. The lowest BCUT2D eigenvalue weighted by Gasteiger charge is -2.09. The summed E-state index contributed by atoms with van der Waals surface area (Å²) in [5, 5.41) is 6.03. The number of ether oxygens (including phenoxy) is 2. The quantitative estimate of drug-likeness (QED) is 0.149. The molecule has 0 unspecified atom stereocenters. The van der Waals surface area contributed by atoms with Crippen molar-refractivity contribution in [3.8, 4) is 11.5 Å². The van der Waals surface area contributed by atoms with Gasteiger partial charge in [0.15, 0.2) is 6.61 Å². The molecule has 0 atom stereocenters. The number of halogens is 1. The third kappa shape index (κ3) is 5.88. The van der Waals surface area contributed by atoms with E-state index in [9.17, 15) is 9.59 Å². The van der Waals surface area contributed by atoms with Crippen LogP contribution in [0.5, 0.6) is 11.5 Å². The van der Waals surface area contributed by atoms with Crippen molar-refractivity contribution in [2.75, 3.05) is 6.61 Å². The Balaban J connectivity index is 1.27. The van der Waals surface area contributed by atoms with E-state index in [0.717, 1.165) is 26.4 Å². The van der Waals surface area contributed by atoms with Gasteiger partial charge in [0.25, 0.3) is 5.91 Å². The number of nitrogens with zero attached hydrogens (tertiary/aromatic N) is 1. The highest BCUT2D eigenvalue weighted by Crippen LogP contribution is 2.32. The summed E-state index contributed by atoms with van der Waals surface area (Å²) in [5.41, 5.74) is 4.72. The lowest BCUT2D eigenvalue weighted by Crippen LogP contribution is -2.24. The minimum atomic E-state index is -0.424. The monoisotopic (exact) mass is 516 g/mol. The highest BCUT2D eigenvalue weighted by atomic mass is 79.9. The largest absolute Gasteiger partial charge is 0.483 e. The maximum atomic E-state index is 12.2. The first kappa shape index (κ1) is 23.2. The number of carbonyl (C=O) groups excluding carboxylic acids is 2. The van der Waals surface area contributed by atoms with E-state index in [-0.39, 0.29) is 12.5 Å². The van der Waals surface area contributed by atoms with Crippen LogP contribution in [0.2, 0.25) is 0 Å². The van der Waals surface area contributed by atoms with Crippen molar-refractivity contribution in [2.24, 2.45) is 5.10 Å². The number of carbonyl (C=O) groups is 2. The van der Waals surface area contributed by atoms with Crippen molar-refractivity contribution in [1.82, 2.24) is 5.43 Å². The van der Waals surface area contributed by atoms with Crippen LogP contribution in [0.4, 0.5) is 0 Å². The van der Waals surface area contributed by atoms with Gasteiger partial charge < -0.3 is 9.47 Å². The molecule has 0 aliphatic rings. The van der Waals surface area contributed by atoms with Crippen molar-refractivity contribution in [3.05, 3.63) is 106 Å². The molecule has 4 rings (SSSR count). The topological polar surface area (TPSA) is 77.0 Å². The number of rotatable bonds is 7. The second-order valence-electron chi connectivity index (χ2n) is 7.51. The van der Waals surface area contributed by atoms with Gasteiger partial charge in [0, 0.05) is 0 Å². The third-order valence-electron chi connectivity index (χ3n) is 4.97. The summed E-state index contributed by atoms with van der Waals surface area (Å²) >= 11 is 3.53. The molecule has 4 aromatic rings. The van der Waals surface area contributed by atoms with Gasteiger partial charge in [-0.15, -0.1) is 0 Å². The molecule has 0 radical (unpaired) electrons. The molecule has 6 nitrogen and oxygen atoms in total. The number of hydrogen-bond donors (Lipinski definition) is 1. The van der Waals surface area contributed by atoms with E-state index in [4.69, 9.17) is 9.47 Å². The predicted octanol–water partition coefficient (Wildman–Crippen LogP) is 5.66. The molecule has 0 bridgehead atoms. The summed E-state index contributed by atoms with van der Waals surface area (Å²) in [6.07, 6.45) is 1.50. The maximum Gasteiger partial charge on any atom is 0.343 e. The zero-order valence-electron chi connectivity index (χ0n) is 18.3. The smallest absolute Gasteiger partial charge is 0.343 e. The zero-order chi connectivity index (χ0) is 23.9. The third-order valence-corrected chi connectivity index (χ3v) is 5.79. The minimum absolute atomic E-state index is 0.178. The van der Waals surface area contributed by atoms with Gasteiger partial charge in [-0.3, -0.25) is 4.79 Å². The molecular weight excluding hydrogens is 496 g/mol. The molecule has 0 aliphatic carbocycles. The van der Waals surface area contributed by atoms with Gasteiger partial charge >= 0.3 is 5.97 Å². The van der Waals surface area contributed by atoms with Crippen molar-refractivity contribution >= 4 is 44.8 Å². The predicted molar refractivity (Wildman–Crippen MR) is 135 cm³/mol. The number of amides is 1. The van der Waals surface area contributed by atoms with Crippen LogP contribution < -0.4 is 14.9 Å². The molecule has 0 fully saturated rings. The van der Waals surface area contributed by atoms with E-state index < -0.39 is 5.97 Å². The van der Waals surface area contributed by atoms with Gasteiger partial charge in [-0.05, 0) is 81.7 Å². The molecule has 0 heterocycles. The maximum absolute atomic E-state index is 12.2. The number of fused-ring (bicyclic) bond motifs is 1. The van der Waals surface area contributed by atoms with Crippen molar-refractivity contribution in [3.63, 3.8) is 0 Å². The fourth-order valence-electron chi connectivity index (χ4n) is 3.16. The van der Waals surface area contributed by atoms with Gasteiger partial charge in [-0.1, -0.05) is 48.0 Å². The van der Waals surface area contributed by atoms with Crippen LogP contribution in [0.1, 0.15) is 21.5 Å². The Morgan fingerprint density at radius 1 is 0.941 bits per heavy atom. The normalized spacial score (nSPS) is 10.9. The molecule has 34 heavy (non-hydrogen) atoms. The summed E-state index contributed by atoms with van der Waals surface area (Å²) < 4.78 is 11.8. The summed E-state index contributed by atoms with van der Waals surface area (Å²) in [5.74, 6) is 0.182. The number of hydrazone groups is 1. The Labute approximate surface area is 205 Å². The van der Waals surface area contributed by atoms with Crippen LogP contribution >= 0.6 is 15.9 Å². The molecule has 0 aliphatic heterocycles. The summed E-state index contributed by atoms with van der Waals surface area (Å²) in [6, 6.07) is 25.6. The highest BCUT2D eigenvalue weighted by Gasteiger charge is 2.09. The highest BCUT2D eigenvalue weighted by molar-refractivity contribution is 9.10. The van der Waals surface area contributed by atoms with Crippen LogP contribution in [0.25, 0.3) is 10.8 Å². The Morgan fingerprint density at radius 2 is 1.68 bits per heavy atom. The molecule has 7 heteroatoms. The van der Waals surface area contributed by atoms with E-state index in [1.54, 1.807) is 36.4 Å². The molecular formula is C27H21BrN2O4. The van der Waals surface area contributed by atoms with Gasteiger partial charge in [0.05, 0.1) is 16.3 Å². The number of hydrogen-bond acceptors (Lipinski definition) is 5. The van der Waals surface area contributed by atoms with Gasteiger partial charge in [-0.2, -0.15) is 5.10 Å². The first-order valence-electron chi connectivity index (χ1n) is 10.5. The molecule has 1 amide bonds. The fraction of sp³-hybridized carbons (Fsp3) is 0.0741. The van der Waals surface area contributed by atoms with Gasteiger partial charge in [0.1, 0.15) is 11.5 Å². The number of benzene rings is 4. The molecule has 0 spiro atoms. The van der Waals surface area contributed by atoms with Crippen LogP contribution in [0, 0.1) is 6.92 Å². The second-order valence-corrected chi connectivity index (χ2v) is 8.30. The molecule has 1 N–H and O–H groups in total. The Bertz CT molecular complexity index is 1350. The summed E-state index contributed by atoms with van der Waals surface area (Å²) in [4.78, 5) is 24.3. The molecule has 170 valence electrons. The lowest BCUT2D eigenvalue weighted by atomic mass is 10.1. The Hall–Kier alpha value is -3.97. The van der Waals surface area contributed by atoms with E-state index in [0.29, 0.717) is 17.1 Å². The van der Waals surface area contributed by atoms with Crippen LogP contribution in [0.3, 0.4) is 0 Å². The van der Waals surface area contributed by atoms with Crippen LogP contribution in [0.15, 0.2) is 94.5 Å². The van der Waals surface area contributed by atoms with Crippen LogP contribution in [-0.2, 0) is 4.79 Å². The van der Waals surface area contributed by atoms with Gasteiger partial charge in [0.2, 0.25) is 0 Å².